The molecule has 4 fully saturated rings. The quantitative estimate of drug-likeness (QED) is 0.227. The van der Waals surface area contributed by atoms with E-state index in [1.807, 2.05) is 0 Å². The summed E-state index contributed by atoms with van der Waals surface area (Å²) in [5, 5.41) is 10.3. The van der Waals surface area contributed by atoms with Crippen LogP contribution in [-0.2, 0) is 14.3 Å². The van der Waals surface area contributed by atoms with Crippen LogP contribution in [0.25, 0.3) is 0 Å². The number of ether oxygens (including phenoxy) is 1. The number of rotatable bonds is 2. The molecule has 10 atom stereocenters. The first-order valence-corrected chi connectivity index (χ1v) is 17.4. The van der Waals surface area contributed by atoms with E-state index >= 15 is 0 Å². The molecule has 0 heterocycles. The first-order chi connectivity index (χ1) is 17.8. The highest BCUT2D eigenvalue weighted by molar-refractivity contribution is 9.14. The third-order valence-electron chi connectivity index (χ3n) is 13.0. The van der Waals surface area contributed by atoms with Crippen molar-refractivity contribution in [1.29, 1.82) is 0 Å². The van der Waals surface area contributed by atoms with Gasteiger partial charge in [0, 0.05) is 16.8 Å². The third-order valence-corrected chi connectivity index (χ3v) is 16.7. The van der Waals surface area contributed by atoms with Crippen molar-refractivity contribution in [3.05, 3.63) is 10.1 Å². The Kier molecular flexibility index (Phi) is 7.30. The van der Waals surface area contributed by atoms with Crippen molar-refractivity contribution in [2.24, 2.45) is 50.7 Å². The van der Waals surface area contributed by atoms with E-state index in [4.69, 9.17) is 4.74 Å². The Morgan fingerprint density at radius 2 is 1.62 bits per heavy atom. The number of esters is 1. The van der Waals surface area contributed by atoms with Gasteiger partial charge in [-0.25, -0.2) is 0 Å². The van der Waals surface area contributed by atoms with Crippen LogP contribution in [0.2, 0.25) is 0 Å². The Balaban J connectivity index is 1.65. The van der Waals surface area contributed by atoms with Crippen molar-refractivity contribution >= 4 is 59.7 Å². The molecule has 4 saturated carbocycles. The van der Waals surface area contributed by atoms with Crippen LogP contribution < -0.4 is 0 Å². The van der Waals surface area contributed by atoms with E-state index in [-0.39, 0.29) is 60.1 Å². The first kappa shape index (κ1) is 30.6. The minimum Gasteiger partial charge on any atom is -0.481 e. The number of hydrogen-bond donors (Lipinski definition) is 1. The SMILES string of the molecule is CC(=O)OC1CCC2(C)C(CCC3(C)C2C(Br)C(Br)=C2C4(Br)CC(C)(C)C[C@@H](C(=O)O)C4CCC23C)C1(C)C. The maximum Gasteiger partial charge on any atom is 0.306 e. The summed E-state index contributed by atoms with van der Waals surface area (Å²) in [6.07, 6.45) is 7.79. The van der Waals surface area contributed by atoms with E-state index in [0.29, 0.717) is 11.8 Å². The zero-order chi connectivity index (χ0) is 29.1. The van der Waals surface area contributed by atoms with Crippen molar-refractivity contribution in [3.63, 3.8) is 0 Å². The number of carboxylic acids is 1. The number of carbonyl (C=O) groups is 2. The van der Waals surface area contributed by atoms with E-state index in [1.165, 1.54) is 17.0 Å². The van der Waals surface area contributed by atoms with Crippen molar-refractivity contribution < 1.29 is 19.4 Å². The highest BCUT2D eigenvalue weighted by Crippen LogP contribution is 2.78. The van der Waals surface area contributed by atoms with Crippen molar-refractivity contribution in [3.8, 4) is 0 Å². The van der Waals surface area contributed by atoms with Crippen LogP contribution in [0.1, 0.15) is 107 Å². The Bertz CT molecular complexity index is 1110. The van der Waals surface area contributed by atoms with Gasteiger partial charge >= 0.3 is 11.9 Å². The standard InChI is InChI=1S/C32H47Br3O4/c1-17(36)39-21-11-12-29(6)20(28(21,4)5)10-14-30(7)24(29)22(33)23(34)25-31(30,8)13-9-19-18(26(37)38)15-27(2,3)16-32(19,25)35/h18-22,24H,9-16H2,1-8H3,(H,37,38)/t18-,19?,20?,21?,22?,24?,29?,30?,31?,32?/m1/s1. The maximum absolute atomic E-state index is 12.6. The number of halogens is 3. The van der Waals surface area contributed by atoms with Gasteiger partial charge in [-0.3, -0.25) is 9.59 Å². The Morgan fingerprint density at radius 1 is 0.974 bits per heavy atom. The molecule has 0 bridgehead atoms. The number of alkyl halides is 2. The molecule has 0 aliphatic heterocycles. The highest BCUT2D eigenvalue weighted by atomic mass is 79.9. The maximum atomic E-state index is 12.6. The van der Waals surface area contributed by atoms with Crippen LogP contribution in [0.5, 0.6) is 0 Å². The van der Waals surface area contributed by atoms with Crippen molar-refractivity contribution in [2.75, 3.05) is 0 Å². The van der Waals surface area contributed by atoms with Crippen LogP contribution in [-0.4, -0.2) is 32.3 Å². The van der Waals surface area contributed by atoms with E-state index in [1.54, 1.807) is 0 Å². The number of allylic oxidation sites excluding steroid dienone is 2. The summed E-state index contributed by atoms with van der Waals surface area (Å²) in [6.45, 7) is 18.3. The van der Waals surface area contributed by atoms with Gasteiger partial charge < -0.3 is 9.84 Å². The summed E-state index contributed by atoms with van der Waals surface area (Å²) < 4.78 is 6.82. The van der Waals surface area contributed by atoms with Gasteiger partial charge in [0.2, 0.25) is 0 Å². The monoisotopic (exact) mass is 732 g/mol. The van der Waals surface area contributed by atoms with Gasteiger partial charge in [0.1, 0.15) is 6.10 Å². The lowest BCUT2D eigenvalue weighted by atomic mass is 9.34. The Hall–Kier alpha value is 0.120. The molecule has 5 rings (SSSR count). The number of carboxylic acid groups (broad SMARTS) is 1. The van der Waals surface area contributed by atoms with Crippen LogP contribution in [0.15, 0.2) is 10.1 Å². The molecule has 39 heavy (non-hydrogen) atoms. The van der Waals surface area contributed by atoms with Gasteiger partial charge in [-0.05, 0) is 96.4 Å². The molecule has 0 radical (unpaired) electrons. The zero-order valence-corrected chi connectivity index (χ0v) is 29.7. The van der Waals surface area contributed by atoms with Gasteiger partial charge in [0.15, 0.2) is 0 Å². The molecule has 0 spiro atoms. The molecule has 5 aliphatic carbocycles. The van der Waals surface area contributed by atoms with E-state index in [0.717, 1.165) is 51.4 Å². The summed E-state index contributed by atoms with van der Waals surface area (Å²) in [4.78, 5) is 24.7. The summed E-state index contributed by atoms with van der Waals surface area (Å²) in [6, 6.07) is 0. The molecule has 0 saturated heterocycles. The predicted octanol–water partition coefficient (Wildman–Crippen LogP) is 9.27. The average Bonchev–Trinajstić information content (AvgIpc) is 2.77. The molecule has 5 aliphatic rings. The number of hydrogen-bond acceptors (Lipinski definition) is 3. The number of aliphatic carboxylic acids is 1. The van der Waals surface area contributed by atoms with Gasteiger partial charge in [-0.15, -0.1) is 0 Å². The minimum absolute atomic E-state index is 0.0430. The fourth-order valence-corrected chi connectivity index (χ4v) is 16.1. The molecule has 4 nitrogen and oxygen atoms in total. The zero-order valence-electron chi connectivity index (χ0n) is 24.9. The molecular formula is C32H47Br3O4. The Morgan fingerprint density at radius 3 is 2.21 bits per heavy atom. The third kappa shape index (κ3) is 4.10. The molecule has 0 aromatic rings. The van der Waals surface area contributed by atoms with Crippen molar-refractivity contribution in [2.45, 2.75) is 122 Å². The second-order valence-electron chi connectivity index (χ2n) is 15.9. The topological polar surface area (TPSA) is 63.6 Å². The molecule has 220 valence electrons. The van der Waals surface area contributed by atoms with Crippen LogP contribution in [0.4, 0.5) is 0 Å². The second-order valence-corrected chi connectivity index (χ2v) is 19.2. The molecule has 7 heteroatoms. The molecular weight excluding hydrogens is 688 g/mol. The smallest absolute Gasteiger partial charge is 0.306 e. The minimum atomic E-state index is -0.646. The lowest BCUT2D eigenvalue weighted by Gasteiger charge is -2.73. The van der Waals surface area contributed by atoms with Crippen molar-refractivity contribution in [1.82, 2.24) is 0 Å². The summed E-state index contributed by atoms with van der Waals surface area (Å²) in [7, 11) is 0. The number of fused-ring (bicyclic) bond motifs is 7. The Labute approximate surface area is 260 Å². The molecule has 0 aromatic heterocycles. The molecule has 9 unspecified atom stereocenters. The van der Waals surface area contributed by atoms with Gasteiger partial charge in [-0.1, -0.05) is 96.3 Å². The van der Waals surface area contributed by atoms with E-state index < -0.39 is 5.97 Å². The summed E-state index contributed by atoms with van der Waals surface area (Å²) >= 11 is 12.9. The van der Waals surface area contributed by atoms with E-state index in [9.17, 15) is 14.7 Å². The average molecular weight is 735 g/mol. The predicted molar refractivity (Wildman–Crippen MR) is 166 cm³/mol. The second kappa shape index (κ2) is 9.31. The lowest BCUT2D eigenvalue weighted by Crippen LogP contribution is -2.68. The fraction of sp³-hybridized carbons (Fsp3) is 0.875. The molecule has 0 aromatic carbocycles. The summed E-state index contributed by atoms with van der Waals surface area (Å²) in [5.74, 6) is -0.216. The summed E-state index contributed by atoms with van der Waals surface area (Å²) in [5.41, 5.74) is 1.35. The van der Waals surface area contributed by atoms with Gasteiger partial charge in [0.05, 0.1) is 15.1 Å². The van der Waals surface area contributed by atoms with Gasteiger partial charge in [-0.2, -0.15) is 0 Å². The van der Waals surface area contributed by atoms with Gasteiger partial charge in [0.25, 0.3) is 0 Å². The highest BCUT2D eigenvalue weighted by Gasteiger charge is 2.72. The van der Waals surface area contributed by atoms with Crippen LogP contribution >= 0.6 is 47.8 Å². The molecule has 1 N–H and O–H groups in total. The lowest BCUT2D eigenvalue weighted by molar-refractivity contribution is -0.208. The first-order valence-electron chi connectivity index (χ1n) is 14.9. The number of carbonyl (C=O) groups excluding carboxylic acids is 1. The normalized spacial score (nSPS) is 50.1. The van der Waals surface area contributed by atoms with E-state index in [2.05, 4.69) is 96.3 Å². The molecule has 0 amide bonds. The van der Waals surface area contributed by atoms with Crippen LogP contribution in [0.3, 0.4) is 0 Å². The van der Waals surface area contributed by atoms with Crippen LogP contribution in [0, 0.1) is 50.7 Å². The fourth-order valence-electron chi connectivity index (χ4n) is 11.4. The largest absolute Gasteiger partial charge is 0.481 e.